The Bertz CT molecular complexity index is 350. The van der Waals surface area contributed by atoms with Crippen LogP contribution in [0.1, 0.15) is 97.3 Å². The van der Waals surface area contributed by atoms with Crippen LogP contribution in [0.2, 0.25) is 0 Å². The standard InChI is InChI=1S/C20H36O4/c1-3-5-6-7-8-9-10-11-12-13-14-15-16-20(23)24-18(4-2)17-19(21)22/h8-9,18H,3-7,10-17H2,1-2H3,(H,21,22)/b9-8-. The number of esters is 1. The molecular formula is C20H36O4. The number of ether oxygens (including phenoxy) is 1. The van der Waals surface area contributed by atoms with Crippen molar-refractivity contribution in [1.29, 1.82) is 0 Å². The van der Waals surface area contributed by atoms with E-state index in [1.807, 2.05) is 6.92 Å². The number of carboxylic acid groups (broad SMARTS) is 1. The van der Waals surface area contributed by atoms with Crippen LogP contribution in [0.15, 0.2) is 12.2 Å². The third kappa shape index (κ3) is 15.6. The normalized spacial score (nSPS) is 12.4. The zero-order valence-corrected chi connectivity index (χ0v) is 15.6. The lowest BCUT2D eigenvalue weighted by molar-refractivity contribution is -0.153. The number of carbonyl (C=O) groups is 2. The van der Waals surface area contributed by atoms with Gasteiger partial charge in [0.15, 0.2) is 0 Å². The Kier molecular flexibility index (Phi) is 15.6. The molecule has 0 aromatic carbocycles. The highest BCUT2D eigenvalue weighted by Crippen LogP contribution is 2.11. The Morgan fingerprint density at radius 3 is 2.08 bits per heavy atom. The van der Waals surface area contributed by atoms with Gasteiger partial charge in [-0.25, -0.2) is 0 Å². The average Bonchev–Trinajstić information content (AvgIpc) is 2.54. The van der Waals surface area contributed by atoms with Crippen LogP contribution in [-0.4, -0.2) is 23.1 Å². The maximum absolute atomic E-state index is 11.7. The third-order valence-corrected chi connectivity index (χ3v) is 4.05. The van der Waals surface area contributed by atoms with Crippen molar-refractivity contribution in [3.8, 4) is 0 Å². The van der Waals surface area contributed by atoms with Crippen molar-refractivity contribution in [2.45, 2.75) is 103 Å². The number of hydrogen-bond donors (Lipinski definition) is 1. The van der Waals surface area contributed by atoms with Gasteiger partial charge < -0.3 is 9.84 Å². The molecule has 4 nitrogen and oxygen atoms in total. The van der Waals surface area contributed by atoms with Crippen LogP contribution in [0, 0.1) is 0 Å². The second-order valence-corrected chi connectivity index (χ2v) is 6.39. The molecule has 0 heterocycles. The first-order valence-electron chi connectivity index (χ1n) is 9.66. The lowest BCUT2D eigenvalue weighted by atomic mass is 10.1. The Labute approximate surface area is 147 Å². The minimum atomic E-state index is -0.922. The fraction of sp³-hybridized carbons (Fsp3) is 0.800. The fourth-order valence-electron chi connectivity index (χ4n) is 2.52. The largest absolute Gasteiger partial charge is 0.481 e. The van der Waals surface area contributed by atoms with E-state index in [9.17, 15) is 9.59 Å². The zero-order chi connectivity index (χ0) is 18.0. The molecule has 0 aromatic rings. The van der Waals surface area contributed by atoms with Gasteiger partial charge in [0.05, 0.1) is 6.42 Å². The molecule has 0 aliphatic carbocycles. The number of hydrogen-bond acceptors (Lipinski definition) is 3. The van der Waals surface area contributed by atoms with Gasteiger partial charge in [0.2, 0.25) is 0 Å². The van der Waals surface area contributed by atoms with Gasteiger partial charge in [0.25, 0.3) is 0 Å². The first-order chi connectivity index (χ1) is 11.6. The summed E-state index contributed by atoms with van der Waals surface area (Å²) in [7, 11) is 0. The molecule has 0 rings (SSSR count). The molecule has 0 fully saturated rings. The van der Waals surface area contributed by atoms with E-state index in [0.717, 1.165) is 25.7 Å². The molecule has 0 saturated heterocycles. The summed E-state index contributed by atoms with van der Waals surface area (Å²) in [6.07, 6.45) is 16.6. The molecule has 0 aliphatic heterocycles. The molecule has 0 saturated carbocycles. The van der Waals surface area contributed by atoms with Gasteiger partial charge in [-0.2, -0.15) is 0 Å². The third-order valence-electron chi connectivity index (χ3n) is 4.05. The quantitative estimate of drug-likeness (QED) is 0.224. The summed E-state index contributed by atoms with van der Waals surface area (Å²) in [6.45, 7) is 4.06. The van der Waals surface area contributed by atoms with Crippen molar-refractivity contribution in [1.82, 2.24) is 0 Å². The van der Waals surface area contributed by atoms with Gasteiger partial charge in [-0.05, 0) is 38.5 Å². The van der Waals surface area contributed by atoms with Crippen molar-refractivity contribution in [2.24, 2.45) is 0 Å². The van der Waals surface area contributed by atoms with Crippen LogP contribution >= 0.6 is 0 Å². The first kappa shape index (κ1) is 22.7. The summed E-state index contributed by atoms with van der Waals surface area (Å²) in [4.78, 5) is 22.3. The van der Waals surface area contributed by atoms with Crippen molar-refractivity contribution in [3.63, 3.8) is 0 Å². The number of rotatable bonds is 16. The topological polar surface area (TPSA) is 63.6 Å². The maximum atomic E-state index is 11.7. The molecule has 0 bridgehead atoms. The first-order valence-corrected chi connectivity index (χ1v) is 9.66. The van der Waals surface area contributed by atoms with Gasteiger partial charge in [-0.1, -0.05) is 58.1 Å². The zero-order valence-electron chi connectivity index (χ0n) is 15.6. The Morgan fingerprint density at radius 1 is 0.917 bits per heavy atom. The number of carbonyl (C=O) groups excluding carboxylic acids is 1. The molecular weight excluding hydrogens is 304 g/mol. The lowest BCUT2D eigenvalue weighted by Gasteiger charge is -2.13. The van der Waals surface area contributed by atoms with Crippen LogP contribution < -0.4 is 0 Å². The van der Waals surface area contributed by atoms with Crippen LogP contribution in [-0.2, 0) is 14.3 Å². The second-order valence-electron chi connectivity index (χ2n) is 6.39. The molecule has 0 amide bonds. The Balaban J connectivity index is 3.46. The van der Waals surface area contributed by atoms with Crippen LogP contribution in [0.4, 0.5) is 0 Å². The number of carboxylic acids is 1. The minimum Gasteiger partial charge on any atom is -0.481 e. The minimum absolute atomic E-state index is 0.103. The number of aliphatic carboxylic acids is 1. The smallest absolute Gasteiger partial charge is 0.307 e. The van der Waals surface area contributed by atoms with E-state index in [1.165, 1.54) is 38.5 Å². The highest BCUT2D eigenvalue weighted by Gasteiger charge is 2.15. The molecule has 1 atom stereocenters. The van der Waals surface area contributed by atoms with Crippen LogP contribution in [0.5, 0.6) is 0 Å². The molecule has 0 radical (unpaired) electrons. The summed E-state index contributed by atoms with van der Waals surface area (Å²) < 4.78 is 5.18. The van der Waals surface area contributed by atoms with E-state index >= 15 is 0 Å². The van der Waals surface area contributed by atoms with Crippen molar-refractivity contribution in [3.05, 3.63) is 12.2 Å². The second kappa shape index (κ2) is 16.5. The van der Waals surface area contributed by atoms with Gasteiger partial charge in [-0.15, -0.1) is 0 Å². The van der Waals surface area contributed by atoms with Gasteiger partial charge in [-0.3, -0.25) is 9.59 Å². The average molecular weight is 341 g/mol. The summed E-state index contributed by atoms with van der Waals surface area (Å²) >= 11 is 0. The van der Waals surface area contributed by atoms with Crippen molar-refractivity contribution >= 4 is 11.9 Å². The summed E-state index contributed by atoms with van der Waals surface area (Å²) in [5, 5.41) is 8.72. The molecule has 0 spiro atoms. The summed E-state index contributed by atoms with van der Waals surface area (Å²) in [5.74, 6) is -1.19. The Hall–Kier alpha value is -1.32. The highest BCUT2D eigenvalue weighted by atomic mass is 16.5. The molecule has 140 valence electrons. The van der Waals surface area contributed by atoms with E-state index in [-0.39, 0.29) is 12.4 Å². The summed E-state index contributed by atoms with van der Waals surface area (Å²) in [6, 6.07) is 0. The molecule has 0 aromatic heterocycles. The molecule has 1 unspecified atom stereocenters. The van der Waals surface area contributed by atoms with Crippen LogP contribution in [0.25, 0.3) is 0 Å². The van der Waals surface area contributed by atoms with Crippen molar-refractivity contribution in [2.75, 3.05) is 0 Å². The Morgan fingerprint density at radius 2 is 1.50 bits per heavy atom. The van der Waals surface area contributed by atoms with E-state index in [2.05, 4.69) is 19.1 Å². The predicted octanol–water partition coefficient (Wildman–Crippen LogP) is 5.65. The monoisotopic (exact) mass is 340 g/mol. The van der Waals surface area contributed by atoms with Gasteiger partial charge in [0, 0.05) is 6.42 Å². The fourth-order valence-corrected chi connectivity index (χ4v) is 2.52. The SMILES string of the molecule is CCCCC/C=C\CCCCCCCC(=O)OC(CC)CC(=O)O. The van der Waals surface area contributed by atoms with E-state index in [0.29, 0.717) is 12.8 Å². The molecule has 24 heavy (non-hydrogen) atoms. The maximum Gasteiger partial charge on any atom is 0.307 e. The van der Waals surface area contributed by atoms with Gasteiger partial charge in [0.1, 0.15) is 6.10 Å². The summed E-state index contributed by atoms with van der Waals surface area (Å²) in [5.41, 5.74) is 0. The number of allylic oxidation sites excluding steroid dienone is 2. The highest BCUT2D eigenvalue weighted by molar-refractivity contribution is 5.71. The molecule has 1 N–H and O–H groups in total. The lowest BCUT2D eigenvalue weighted by Crippen LogP contribution is -2.20. The van der Waals surface area contributed by atoms with Crippen molar-refractivity contribution < 1.29 is 19.4 Å². The van der Waals surface area contributed by atoms with Gasteiger partial charge >= 0.3 is 11.9 Å². The number of unbranched alkanes of at least 4 members (excludes halogenated alkanes) is 8. The van der Waals surface area contributed by atoms with Crippen LogP contribution in [0.3, 0.4) is 0 Å². The van der Waals surface area contributed by atoms with E-state index in [1.54, 1.807) is 0 Å². The molecule has 4 heteroatoms. The predicted molar refractivity (Wildman–Crippen MR) is 98.0 cm³/mol. The van der Waals surface area contributed by atoms with E-state index < -0.39 is 12.1 Å². The molecule has 0 aliphatic rings. The van der Waals surface area contributed by atoms with E-state index in [4.69, 9.17) is 9.84 Å².